The number of aromatic amines is 1. The van der Waals surface area contributed by atoms with E-state index in [4.69, 9.17) is 15.0 Å². The van der Waals surface area contributed by atoms with Crippen LogP contribution in [0.5, 0.6) is 5.75 Å². The van der Waals surface area contributed by atoms with Gasteiger partial charge in [-0.05, 0) is 23.8 Å². The number of aromatic nitrogens is 2. The lowest BCUT2D eigenvalue weighted by Crippen LogP contribution is -2.02. The minimum Gasteiger partial charge on any atom is -0.497 e. The highest BCUT2D eigenvalue weighted by molar-refractivity contribution is 5.86. The molecule has 2 aromatic heterocycles. The predicted octanol–water partition coefficient (Wildman–Crippen LogP) is 2.29. The van der Waals surface area contributed by atoms with E-state index in [1.165, 1.54) is 6.07 Å². The van der Waals surface area contributed by atoms with Crippen LogP contribution in [0.3, 0.4) is 0 Å². The van der Waals surface area contributed by atoms with Gasteiger partial charge in [-0.25, -0.2) is 0 Å². The van der Waals surface area contributed by atoms with Gasteiger partial charge in [0.2, 0.25) is 5.56 Å². The van der Waals surface area contributed by atoms with Gasteiger partial charge >= 0.3 is 0 Å². The van der Waals surface area contributed by atoms with Crippen LogP contribution in [-0.2, 0) is 0 Å². The van der Waals surface area contributed by atoms with Crippen LogP contribution in [-0.4, -0.2) is 17.3 Å². The summed E-state index contributed by atoms with van der Waals surface area (Å²) in [5, 5.41) is 3.80. The molecule has 106 valence electrons. The summed E-state index contributed by atoms with van der Waals surface area (Å²) in [7, 11) is 1.59. The molecule has 0 saturated carbocycles. The second kappa shape index (κ2) is 5.16. The molecule has 0 bridgehead atoms. The number of benzene rings is 1. The first-order valence-corrected chi connectivity index (χ1v) is 6.27. The number of anilines is 1. The maximum Gasteiger partial charge on any atom is 0.248 e. The first-order valence-electron chi connectivity index (χ1n) is 6.27. The summed E-state index contributed by atoms with van der Waals surface area (Å²) in [5.74, 6) is 1.41. The van der Waals surface area contributed by atoms with E-state index >= 15 is 0 Å². The van der Waals surface area contributed by atoms with Crippen LogP contribution in [0, 0.1) is 0 Å². The van der Waals surface area contributed by atoms with Gasteiger partial charge in [-0.2, -0.15) is 0 Å². The standard InChI is InChI=1S/C15H13N3O3/c1-20-11-4-2-3-9(7-11)13-14(21-18-15(13)16)10-5-6-17-12(19)8-10/h2-8H,1H3,(H2,16,18)(H,17,19). The van der Waals surface area contributed by atoms with Crippen molar-refractivity contribution in [2.75, 3.05) is 12.8 Å². The molecule has 0 aliphatic rings. The summed E-state index contributed by atoms with van der Waals surface area (Å²) < 4.78 is 10.5. The minimum atomic E-state index is -0.223. The topological polar surface area (TPSA) is 94.1 Å². The highest BCUT2D eigenvalue weighted by Gasteiger charge is 2.18. The van der Waals surface area contributed by atoms with Gasteiger partial charge in [0.05, 0.1) is 12.7 Å². The third-order valence-electron chi connectivity index (χ3n) is 3.11. The summed E-state index contributed by atoms with van der Waals surface area (Å²) in [4.78, 5) is 14.0. The predicted molar refractivity (Wildman–Crippen MR) is 79.0 cm³/mol. The van der Waals surface area contributed by atoms with Gasteiger partial charge in [-0.3, -0.25) is 4.79 Å². The lowest BCUT2D eigenvalue weighted by molar-refractivity contribution is 0.415. The van der Waals surface area contributed by atoms with Crippen LogP contribution in [0.2, 0.25) is 0 Å². The fourth-order valence-corrected chi connectivity index (χ4v) is 2.14. The third-order valence-corrected chi connectivity index (χ3v) is 3.11. The van der Waals surface area contributed by atoms with Crippen molar-refractivity contribution in [3.8, 4) is 28.2 Å². The van der Waals surface area contributed by atoms with E-state index in [2.05, 4.69) is 10.1 Å². The fourth-order valence-electron chi connectivity index (χ4n) is 2.14. The zero-order chi connectivity index (χ0) is 14.8. The van der Waals surface area contributed by atoms with Crippen LogP contribution in [0.15, 0.2) is 51.9 Å². The van der Waals surface area contributed by atoms with E-state index in [0.29, 0.717) is 22.6 Å². The van der Waals surface area contributed by atoms with E-state index in [-0.39, 0.29) is 11.4 Å². The first-order chi connectivity index (χ1) is 10.2. The highest BCUT2D eigenvalue weighted by Crippen LogP contribution is 2.37. The number of nitrogens with zero attached hydrogens (tertiary/aromatic N) is 1. The lowest BCUT2D eigenvalue weighted by atomic mass is 10.0. The molecule has 6 nitrogen and oxygen atoms in total. The molecule has 0 spiro atoms. The van der Waals surface area contributed by atoms with Crippen molar-refractivity contribution < 1.29 is 9.26 Å². The normalized spacial score (nSPS) is 10.5. The van der Waals surface area contributed by atoms with E-state index in [9.17, 15) is 4.79 Å². The van der Waals surface area contributed by atoms with Crippen molar-refractivity contribution in [3.05, 3.63) is 52.9 Å². The van der Waals surface area contributed by atoms with Crippen LogP contribution in [0.1, 0.15) is 0 Å². The van der Waals surface area contributed by atoms with Gasteiger partial charge in [0.25, 0.3) is 0 Å². The summed E-state index contributed by atoms with van der Waals surface area (Å²) in [5.41, 5.74) is 7.74. The van der Waals surface area contributed by atoms with Gasteiger partial charge in [-0.15, -0.1) is 0 Å². The van der Waals surface area contributed by atoms with Crippen molar-refractivity contribution in [2.45, 2.75) is 0 Å². The first kappa shape index (κ1) is 13.0. The molecule has 0 amide bonds. The van der Waals surface area contributed by atoms with Crippen molar-refractivity contribution in [1.29, 1.82) is 0 Å². The van der Waals surface area contributed by atoms with Crippen molar-refractivity contribution in [2.24, 2.45) is 0 Å². The number of hydrogen-bond acceptors (Lipinski definition) is 5. The second-order valence-electron chi connectivity index (χ2n) is 4.45. The van der Waals surface area contributed by atoms with Gasteiger partial charge < -0.3 is 20.0 Å². The van der Waals surface area contributed by atoms with Crippen molar-refractivity contribution >= 4 is 5.82 Å². The molecule has 21 heavy (non-hydrogen) atoms. The second-order valence-corrected chi connectivity index (χ2v) is 4.45. The average Bonchev–Trinajstić information content (AvgIpc) is 2.89. The lowest BCUT2D eigenvalue weighted by Gasteiger charge is -2.05. The molecule has 0 unspecified atom stereocenters. The van der Waals surface area contributed by atoms with Crippen molar-refractivity contribution in [1.82, 2.24) is 10.1 Å². The van der Waals surface area contributed by atoms with Gasteiger partial charge in [0.15, 0.2) is 11.6 Å². The number of H-pyrrole nitrogens is 1. The van der Waals surface area contributed by atoms with E-state index in [0.717, 1.165) is 5.56 Å². The molecule has 2 heterocycles. The zero-order valence-electron chi connectivity index (χ0n) is 11.3. The summed E-state index contributed by atoms with van der Waals surface area (Å²) in [6.07, 6.45) is 1.55. The number of methoxy groups -OCH3 is 1. The molecule has 0 radical (unpaired) electrons. The summed E-state index contributed by atoms with van der Waals surface area (Å²) in [6.45, 7) is 0. The van der Waals surface area contributed by atoms with Gasteiger partial charge in [0, 0.05) is 17.8 Å². The Morgan fingerprint density at radius 1 is 1.24 bits per heavy atom. The Morgan fingerprint density at radius 3 is 2.86 bits per heavy atom. The highest BCUT2D eigenvalue weighted by atomic mass is 16.5. The Balaban J connectivity index is 2.19. The Morgan fingerprint density at radius 2 is 2.10 bits per heavy atom. The maximum atomic E-state index is 11.4. The fraction of sp³-hybridized carbons (Fsp3) is 0.0667. The van der Waals surface area contributed by atoms with E-state index < -0.39 is 0 Å². The number of pyridine rings is 1. The van der Waals surface area contributed by atoms with Crippen molar-refractivity contribution in [3.63, 3.8) is 0 Å². The molecule has 3 N–H and O–H groups in total. The Labute approximate surface area is 120 Å². The molecule has 0 fully saturated rings. The Hall–Kier alpha value is -3.02. The minimum absolute atomic E-state index is 0.223. The van der Waals surface area contributed by atoms with E-state index in [1.54, 1.807) is 19.4 Å². The molecule has 3 aromatic rings. The number of rotatable bonds is 3. The average molecular weight is 283 g/mol. The number of nitrogens with one attached hydrogen (secondary N) is 1. The molecular weight excluding hydrogens is 270 g/mol. The van der Waals surface area contributed by atoms with Crippen LogP contribution in [0.25, 0.3) is 22.5 Å². The molecule has 1 aromatic carbocycles. The molecule has 0 aliphatic carbocycles. The summed E-state index contributed by atoms with van der Waals surface area (Å²) in [6, 6.07) is 10.6. The Bertz CT molecular complexity index is 836. The number of nitrogens with two attached hydrogens (primary N) is 1. The van der Waals surface area contributed by atoms with Crippen LogP contribution < -0.4 is 16.0 Å². The van der Waals surface area contributed by atoms with E-state index in [1.807, 2.05) is 24.3 Å². The van der Waals surface area contributed by atoms with Crippen LogP contribution >= 0.6 is 0 Å². The smallest absolute Gasteiger partial charge is 0.248 e. The Kier molecular flexibility index (Phi) is 3.19. The molecular formula is C15H13N3O3. The zero-order valence-corrected chi connectivity index (χ0v) is 11.3. The van der Waals surface area contributed by atoms with Gasteiger partial charge in [-0.1, -0.05) is 17.3 Å². The SMILES string of the molecule is COc1cccc(-c2c(N)noc2-c2cc[nH]c(=O)c2)c1. The maximum absolute atomic E-state index is 11.4. The van der Waals surface area contributed by atoms with Gasteiger partial charge in [0.1, 0.15) is 5.75 Å². The number of hydrogen-bond donors (Lipinski definition) is 2. The quantitative estimate of drug-likeness (QED) is 0.769. The molecule has 0 aliphatic heterocycles. The number of ether oxygens (including phenoxy) is 1. The van der Waals surface area contributed by atoms with Crippen LogP contribution in [0.4, 0.5) is 5.82 Å². The third kappa shape index (κ3) is 2.38. The monoisotopic (exact) mass is 283 g/mol. The number of nitrogen functional groups attached to an aromatic ring is 1. The largest absolute Gasteiger partial charge is 0.497 e. The molecule has 0 saturated heterocycles. The molecule has 6 heteroatoms. The molecule has 3 rings (SSSR count). The summed E-state index contributed by atoms with van der Waals surface area (Å²) >= 11 is 0. The molecule has 0 atom stereocenters.